The van der Waals surface area contributed by atoms with Crippen LogP contribution >= 0.6 is 11.3 Å². The Labute approximate surface area is 368 Å². The van der Waals surface area contributed by atoms with Crippen molar-refractivity contribution in [1.29, 1.82) is 0 Å². The van der Waals surface area contributed by atoms with E-state index in [9.17, 15) is 9.60 Å². The van der Waals surface area contributed by atoms with Gasteiger partial charge in [0.15, 0.2) is 0 Å². The van der Waals surface area contributed by atoms with Gasteiger partial charge >= 0.3 is 0 Å². The molecule has 0 spiro atoms. The number of hydrogen-bond donors (Lipinski definition) is 0. The molecule has 2 heteroatoms. The van der Waals surface area contributed by atoms with Crippen LogP contribution < -0.4 is 4.90 Å². The fourth-order valence-electron chi connectivity index (χ4n) is 7.67. The van der Waals surface area contributed by atoms with E-state index in [1.165, 1.54) is 12.1 Å². The van der Waals surface area contributed by atoms with Gasteiger partial charge in [0.25, 0.3) is 0 Å². The summed E-state index contributed by atoms with van der Waals surface area (Å²) in [6.45, 7) is -7.55. The molecule has 0 atom stereocenters. The Balaban J connectivity index is 1.22. The number of benzene rings is 9. The van der Waals surface area contributed by atoms with E-state index in [1.807, 2.05) is 54.6 Å². The lowest BCUT2D eigenvalue weighted by atomic mass is 9.82. The molecule has 0 fully saturated rings. The first-order chi connectivity index (χ1) is 37.2. The zero-order valence-electron chi connectivity index (χ0n) is 51.7. The molecule has 270 valence electrons. The Hall–Kier alpha value is -6.74. The highest BCUT2D eigenvalue weighted by molar-refractivity contribution is 7.25. The molecule has 0 saturated heterocycles. The van der Waals surface area contributed by atoms with Crippen LogP contribution in [-0.4, -0.2) is 0 Å². The fourth-order valence-corrected chi connectivity index (χ4v) is 8.81. The number of hydrogen-bond acceptors (Lipinski definition) is 2. The minimum Gasteiger partial charge on any atom is -0.310 e. The zero-order chi connectivity index (χ0) is 57.0. The Bertz CT molecular complexity index is 4240. The van der Waals surface area contributed by atoms with Crippen LogP contribution in [0, 0.1) is 0 Å². The zero-order valence-corrected chi connectivity index (χ0v) is 30.5. The SMILES string of the molecule is [2H]c1c([2H])c([2H])c(-c2c([2H])c([2H])c(N(c3ccc(-c4ccc5ccccc5c4-c4ccc5c(c4)sc4ccccc45)cc3)c3c([2H])c([2H])c4c(c3[2H])C(C([2H])([2H])[2H])(C([2H])([2H])[2H])c3c([2H])c([2H])c([2H])c([2H])c3-4)c([2H])c2[2H])c([2H])c1[2H]. The first-order valence-corrected chi connectivity index (χ1v) is 18.8. The molecular weight excluding hydrogens is 707 g/mol. The van der Waals surface area contributed by atoms with Gasteiger partial charge in [0.1, 0.15) is 0 Å². The molecule has 0 saturated carbocycles. The van der Waals surface area contributed by atoms with Crippen molar-refractivity contribution in [3.05, 3.63) is 211 Å². The van der Waals surface area contributed by atoms with Crippen molar-refractivity contribution in [2.75, 3.05) is 4.90 Å². The van der Waals surface area contributed by atoms with Crippen LogP contribution in [0.3, 0.4) is 0 Å². The summed E-state index contributed by atoms with van der Waals surface area (Å²) in [6, 6.07) is 17.2. The summed E-state index contributed by atoms with van der Waals surface area (Å²) in [7, 11) is 0. The molecule has 57 heavy (non-hydrogen) atoms. The summed E-state index contributed by atoms with van der Waals surface area (Å²) < 4.78 is 201. The van der Waals surface area contributed by atoms with E-state index in [0.29, 0.717) is 5.56 Å². The maximum absolute atomic E-state index is 10.1. The fraction of sp³-hybridized carbons (Fsp3) is 0.0545. The van der Waals surface area contributed by atoms with E-state index in [-0.39, 0.29) is 5.69 Å². The van der Waals surface area contributed by atoms with Gasteiger partial charge in [-0.2, -0.15) is 0 Å². The average molecular weight is 768 g/mol. The molecular formula is C55H39NS. The summed E-state index contributed by atoms with van der Waals surface area (Å²) in [6.07, 6.45) is 0. The Morgan fingerprint density at radius 1 is 0.474 bits per heavy atom. The molecule has 10 aromatic rings. The van der Waals surface area contributed by atoms with Crippen molar-refractivity contribution in [3.63, 3.8) is 0 Å². The van der Waals surface area contributed by atoms with E-state index >= 15 is 0 Å². The highest BCUT2D eigenvalue weighted by atomic mass is 32.1. The van der Waals surface area contributed by atoms with E-state index in [4.69, 9.17) is 20.6 Å². The summed E-state index contributed by atoms with van der Waals surface area (Å²) in [5.74, 6) is 0. The van der Waals surface area contributed by atoms with Crippen LogP contribution in [0.4, 0.5) is 17.1 Å². The molecule has 9 aromatic carbocycles. The second kappa shape index (κ2) is 13.2. The minimum absolute atomic E-state index is 0.136. The van der Waals surface area contributed by atoms with Crippen molar-refractivity contribution in [3.8, 4) is 44.5 Å². The van der Waals surface area contributed by atoms with Gasteiger partial charge in [0.2, 0.25) is 0 Å². The lowest BCUT2D eigenvalue weighted by Crippen LogP contribution is -2.16. The van der Waals surface area contributed by atoms with E-state index in [1.54, 1.807) is 23.5 Å². The van der Waals surface area contributed by atoms with Crippen LogP contribution in [-0.2, 0) is 5.41 Å². The molecule has 0 amide bonds. The molecule has 0 unspecified atom stereocenters. The van der Waals surface area contributed by atoms with Crippen molar-refractivity contribution in [2.24, 2.45) is 0 Å². The first kappa shape index (κ1) is 18.0. The molecule has 1 heterocycles. The van der Waals surface area contributed by atoms with Gasteiger partial charge in [0, 0.05) is 50.9 Å². The van der Waals surface area contributed by atoms with Crippen molar-refractivity contribution in [1.82, 2.24) is 0 Å². The van der Waals surface area contributed by atoms with Crippen molar-refractivity contribution >= 4 is 59.3 Å². The van der Waals surface area contributed by atoms with Gasteiger partial charge in [-0.1, -0.05) is 165 Å². The van der Waals surface area contributed by atoms with Gasteiger partial charge in [-0.05, 0) is 115 Å². The lowest BCUT2D eigenvalue weighted by molar-refractivity contribution is 0.660. The number of thiophene rings is 1. The number of anilines is 3. The summed E-state index contributed by atoms with van der Waals surface area (Å²) in [5.41, 5.74) is -6.92. The predicted molar refractivity (Wildman–Crippen MR) is 245 cm³/mol. The molecule has 1 aromatic heterocycles. The molecule has 0 radical (unpaired) electrons. The summed E-state index contributed by atoms with van der Waals surface area (Å²) >= 11 is 1.65. The smallest absolute Gasteiger partial charge is 0.0648 e. The van der Waals surface area contributed by atoms with Gasteiger partial charge in [-0.25, -0.2) is 0 Å². The maximum atomic E-state index is 10.1. The second-order valence-corrected chi connectivity index (χ2v) is 14.7. The number of nitrogens with zero attached hydrogens (tertiary/aromatic N) is 1. The molecule has 1 aliphatic carbocycles. The maximum Gasteiger partial charge on any atom is 0.0648 e. The van der Waals surface area contributed by atoms with Gasteiger partial charge in [-0.15, -0.1) is 11.3 Å². The monoisotopic (exact) mass is 767 g/mol. The molecule has 0 aliphatic heterocycles. The second-order valence-electron chi connectivity index (χ2n) is 13.6. The molecule has 1 nitrogen and oxygen atoms in total. The molecule has 1 aliphatic rings. The van der Waals surface area contributed by atoms with E-state index in [0.717, 1.165) is 52.5 Å². The third-order valence-corrected chi connectivity index (χ3v) is 11.5. The van der Waals surface area contributed by atoms with Crippen LogP contribution in [0.2, 0.25) is 0 Å². The van der Waals surface area contributed by atoms with Crippen LogP contribution in [0.15, 0.2) is 200 Å². The number of fused-ring (bicyclic) bond motifs is 7. The Morgan fingerprint density at radius 2 is 1.16 bits per heavy atom. The normalized spacial score (nSPS) is 18.8. The third kappa shape index (κ3) is 5.51. The Morgan fingerprint density at radius 3 is 2.00 bits per heavy atom. The third-order valence-electron chi connectivity index (χ3n) is 10.3. The largest absolute Gasteiger partial charge is 0.310 e. The average Bonchev–Trinajstić information content (AvgIpc) is 2.23. The van der Waals surface area contributed by atoms with E-state index in [2.05, 4.69) is 24.3 Å². The van der Waals surface area contributed by atoms with Gasteiger partial charge < -0.3 is 4.90 Å². The van der Waals surface area contributed by atoms with Crippen LogP contribution in [0.25, 0.3) is 75.5 Å². The predicted octanol–water partition coefficient (Wildman–Crippen LogP) is 16.0. The minimum atomic E-state index is -3.78. The lowest BCUT2D eigenvalue weighted by Gasteiger charge is -2.28. The highest BCUT2D eigenvalue weighted by Gasteiger charge is 2.35. The van der Waals surface area contributed by atoms with Crippen LogP contribution in [0.1, 0.15) is 55.0 Å². The van der Waals surface area contributed by atoms with Crippen LogP contribution in [0.5, 0.6) is 0 Å². The van der Waals surface area contributed by atoms with E-state index < -0.39 is 161 Å². The first-order valence-electron chi connectivity index (χ1n) is 29.0. The molecule has 11 rings (SSSR count). The quantitative estimate of drug-likeness (QED) is 0.163. The molecule has 0 N–H and O–H groups in total. The van der Waals surface area contributed by atoms with Gasteiger partial charge in [-0.3, -0.25) is 0 Å². The topological polar surface area (TPSA) is 3.24 Å². The summed E-state index contributed by atoms with van der Waals surface area (Å²) in [4.78, 5) is 0.873. The van der Waals surface area contributed by atoms with Gasteiger partial charge in [0.05, 0.1) is 21.9 Å². The van der Waals surface area contributed by atoms with Crippen molar-refractivity contribution in [2.45, 2.75) is 19.1 Å². The van der Waals surface area contributed by atoms with Crippen molar-refractivity contribution < 1.29 is 30.2 Å². The Kier molecular flexibility index (Phi) is 4.17. The highest BCUT2D eigenvalue weighted by Crippen LogP contribution is 2.51. The standard InChI is InChI=1S/C55H39NS/c1-55(2)50-18-10-8-16-46(50)47-33-30-43(35-51(47)55)56(41-26-20-37(21-27-41)36-12-4-3-5-13-36)42-28-22-39(23-29-42)45-31-24-38-14-6-7-15-44(38)54(45)40-25-32-49-48-17-9-11-19-52(48)57-53(49)34-40/h3-35H,1-2H3/i1D3,2D3,3D,4D,5D,8D,10D,12D,13D,16D,18D,20D,21D,26D,27D,30D,33D,35D. The number of rotatable bonds is 6. The summed E-state index contributed by atoms with van der Waals surface area (Å²) in [5, 5.41) is 4.04. The molecule has 0 bridgehead atoms.